The van der Waals surface area contributed by atoms with Gasteiger partial charge in [0.2, 0.25) is 0 Å². The number of rotatable bonds is 8. The maximum atomic E-state index is 12.1. The van der Waals surface area contributed by atoms with E-state index in [0.717, 1.165) is 13.1 Å². The van der Waals surface area contributed by atoms with Gasteiger partial charge in [0.25, 0.3) is 0 Å². The summed E-state index contributed by atoms with van der Waals surface area (Å²) in [6, 6.07) is 0. The van der Waals surface area contributed by atoms with E-state index in [4.69, 9.17) is 15.2 Å². The van der Waals surface area contributed by atoms with Crippen LogP contribution in [0, 0.1) is 0 Å². The highest BCUT2D eigenvalue weighted by atomic mass is 127. The van der Waals surface area contributed by atoms with E-state index in [1.165, 1.54) is 0 Å². The van der Waals surface area contributed by atoms with Gasteiger partial charge in [-0.2, -0.15) is 0 Å². The molecule has 0 unspecified atom stereocenters. The molecule has 0 radical (unpaired) electrons. The predicted molar refractivity (Wildman–Crippen MR) is 105 cm³/mol. The Kier molecular flexibility index (Phi) is 13.4. The number of amides is 1. The number of carbonyl (C=O) groups excluding carboxylic acids is 1. The molecular formula is C15H33IN4O3. The summed E-state index contributed by atoms with van der Waals surface area (Å²) in [6.07, 6.45) is -0.360. The number of ether oxygens (including phenoxy) is 2. The molecule has 0 aliphatic carbocycles. The normalized spacial score (nSPS) is 11.7. The third-order valence-electron chi connectivity index (χ3n) is 2.95. The Morgan fingerprint density at radius 2 is 1.70 bits per heavy atom. The van der Waals surface area contributed by atoms with Gasteiger partial charge in [-0.15, -0.1) is 24.0 Å². The number of aliphatic imine (C=N–C) groups is 1. The van der Waals surface area contributed by atoms with Gasteiger partial charge in [-0.1, -0.05) is 0 Å². The van der Waals surface area contributed by atoms with Crippen LogP contribution in [0.5, 0.6) is 0 Å². The van der Waals surface area contributed by atoms with Gasteiger partial charge in [0.15, 0.2) is 5.96 Å². The first-order valence-corrected chi connectivity index (χ1v) is 7.76. The zero-order chi connectivity index (χ0) is 17.2. The highest BCUT2D eigenvalue weighted by Crippen LogP contribution is 2.09. The second kappa shape index (κ2) is 12.6. The summed E-state index contributed by atoms with van der Waals surface area (Å²) >= 11 is 0. The van der Waals surface area contributed by atoms with Crippen LogP contribution in [0.1, 0.15) is 34.6 Å². The molecule has 8 heteroatoms. The molecule has 2 N–H and O–H groups in total. The second-order valence-electron chi connectivity index (χ2n) is 5.87. The summed E-state index contributed by atoms with van der Waals surface area (Å²) in [5, 5.41) is 0. The summed E-state index contributed by atoms with van der Waals surface area (Å²) in [5.41, 5.74) is 5.40. The molecule has 0 aromatic carbocycles. The summed E-state index contributed by atoms with van der Waals surface area (Å²) < 4.78 is 10.4. The van der Waals surface area contributed by atoms with Gasteiger partial charge in [0.05, 0.1) is 13.2 Å². The van der Waals surface area contributed by atoms with E-state index in [-0.39, 0.29) is 30.1 Å². The van der Waals surface area contributed by atoms with Gasteiger partial charge >= 0.3 is 6.09 Å². The Bertz CT molecular complexity index is 355. The highest BCUT2D eigenvalue weighted by molar-refractivity contribution is 14.0. The molecule has 0 aliphatic heterocycles. The van der Waals surface area contributed by atoms with Crippen LogP contribution in [0.3, 0.4) is 0 Å². The lowest BCUT2D eigenvalue weighted by Gasteiger charge is -2.27. The van der Waals surface area contributed by atoms with E-state index >= 15 is 0 Å². The quantitative estimate of drug-likeness (QED) is 0.353. The maximum Gasteiger partial charge on any atom is 0.410 e. The summed E-state index contributed by atoms with van der Waals surface area (Å²) in [6.45, 7) is 13.0. The Morgan fingerprint density at radius 1 is 1.13 bits per heavy atom. The Morgan fingerprint density at radius 3 is 2.13 bits per heavy atom. The van der Waals surface area contributed by atoms with Crippen molar-refractivity contribution in [3.05, 3.63) is 0 Å². The number of hydrogen-bond acceptors (Lipinski definition) is 4. The number of methoxy groups -OCH3 is 1. The number of nitrogens with two attached hydrogens (primary N) is 1. The number of guanidine groups is 1. The van der Waals surface area contributed by atoms with Gasteiger partial charge in [0, 0.05) is 33.3 Å². The van der Waals surface area contributed by atoms with Gasteiger partial charge in [0.1, 0.15) is 5.60 Å². The molecule has 0 aromatic rings. The average Bonchev–Trinajstić information content (AvgIpc) is 2.41. The standard InChI is InChI=1S/C15H32N4O3.HI/c1-7-18(8-2)13(16)17-9-10-19(11-12-21-6)14(20)22-15(3,4)5;/h7-12H2,1-6H3,(H2,16,17);1H. The minimum Gasteiger partial charge on any atom is -0.444 e. The fourth-order valence-corrected chi connectivity index (χ4v) is 1.76. The molecule has 0 aliphatic rings. The summed E-state index contributed by atoms with van der Waals surface area (Å²) in [7, 11) is 1.60. The minimum absolute atomic E-state index is 0. The van der Waals surface area contributed by atoms with Gasteiger partial charge in [-0.3, -0.25) is 4.99 Å². The molecule has 1 amide bonds. The summed E-state index contributed by atoms with van der Waals surface area (Å²) in [5.74, 6) is 0.501. The third-order valence-corrected chi connectivity index (χ3v) is 2.95. The third kappa shape index (κ3) is 11.4. The molecule has 7 nitrogen and oxygen atoms in total. The largest absolute Gasteiger partial charge is 0.444 e. The van der Waals surface area contributed by atoms with Crippen LogP contribution in [0.25, 0.3) is 0 Å². The van der Waals surface area contributed by atoms with Gasteiger partial charge in [-0.25, -0.2) is 4.79 Å². The molecule has 23 heavy (non-hydrogen) atoms. The Hall–Kier alpha value is -0.770. The first-order chi connectivity index (χ1) is 10.2. The number of halogens is 1. The first kappa shape index (κ1) is 24.5. The van der Waals surface area contributed by atoms with Crippen LogP contribution in [0.2, 0.25) is 0 Å². The zero-order valence-corrected chi connectivity index (χ0v) is 17.6. The van der Waals surface area contributed by atoms with Crippen molar-refractivity contribution in [1.82, 2.24) is 9.80 Å². The molecule has 138 valence electrons. The van der Waals surface area contributed by atoms with Crippen molar-refractivity contribution in [2.24, 2.45) is 10.7 Å². The van der Waals surface area contributed by atoms with Crippen LogP contribution in [-0.2, 0) is 9.47 Å². The summed E-state index contributed by atoms with van der Waals surface area (Å²) in [4.78, 5) is 20.0. The van der Waals surface area contributed by atoms with E-state index < -0.39 is 5.60 Å². The minimum atomic E-state index is -0.522. The monoisotopic (exact) mass is 444 g/mol. The van der Waals surface area contributed by atoms with E-state index in [1.807, 2.05) is 39.5 Å². The maximum absolute atomic E-state index is 12.1. The Balaban J connectivity index is 0. The first-order valence-electron chi connectivity index (χ1n) is 7.76. The van der Waals surface area contributed by atoms with E-state index in [0.29, 0.717) is 32.2 Å². The molecular weight excluding hydrogens is 411 g/mol. The lowest BCUT2D eigenvalue weighted by molar-refractivity contribution is 0.0208. The van der Waals surface area contributed by atoms with Crippen molar-refractivity contribution in [2.75, 3.05) is 46.4 Å². The fraction of sp³-hybridized carbons (Fsp3) is 0.867. The van der Waals surface area contributed by atoms with Crippen molar-refractivity contribution in [3.8, 4) is 0 Å². The molecule has 0 heterocycles. The van der Waals surface area contributed by atoms with Crippen LogP contribution >= 0.6 is 24.0 Å². The van der Waals surface area contributed by atoms with Crippen molar-refractivity contribution in [1.29, 1.82) is 0 Å². The lowest BCUT2D eigenvalue weighted by Crippen LogP contribution is -2.41. The molecule has 0 saturated heterocycles. The Labute approximate surface area is 157 Å². The van der Waals surface area contributed by atoms with Crippen molar-refractivity contribution in [3.63, 3.8) is 0 Å². The molecule has 0 saturated carbocycles. The average molecular weight is 444 g/mol. The van der Waals surface area contributed by atoms with Crippen LogP contribution in [0.4, 0.5) is 4.79 Å². The van der Waals surface area contributed by atoms with E-state index in [9.17, 15) is 4.79 Å². The fourth-order valence-electron chi connectivity index (χ4n) is 1.76. The molecule has 0 bridgehead atoms. The van der Waals surface area contributed by atoms with Crippen molar-refractivity contribution >= 4 is 36.0 Å². The second-order valence-corrected chi connectivity index (χ2v) is 5.87. The molecule has 0 rings (SSSR count). The smallest absolute Gasteiger partial charge is 0.410 e. The predicted octanol–water partition coefficient (Wildman–Crippen LogP) is 2.14. The van der Waals surface area contributed by atoms with Gasteiger partial charge < -0.3 is 25.0 Å². The lowest BCUT2D eigenvalue weighted by atomic mass is 10.2. The number of carbonyl (C=O) groups is 1. The topological polar surface area (TPSA) is 80.4 Å². The van der Waals surface area contributed by atoms with Crippen LogP contribution < -0.4 is 5.73 Å². The SMILES string of the molecule is CCN(CC)C(N)=NCCN(CCOC)C(=O)OC(C)(C)C.I. The van der Waals surface area contributed by atoms with E-state index in [2.05, 4.69) is 4.99 Å². The number of hydrogen-bond donors (Lipinski definition) is 1. The molecule has 0 atom stereocenters. The van der Waals surface area contributed by atoms with Crippen molar-refractivity contribution in [2.45, 2.75) is 40.2 Å². The number of nitrogens with zero attached hydrogens (tertiary/aromatic N) is 3. The molecule has 0 aromatic heterocycles. The molecule has 0 fully saturated rings. The van der Waals surface area contributed by atoms with E-state index in [1.54, 1.807) is 12.0 Å². The highest BCUT2D eigenvalue weighted by Gasteiger charge is 2.21. The van der Waals surface area contributed by atoms with Crippen molar-refractivity contribution < 1.29 is 14.3 Å². The van der Waals surface area contributed by atoms with Crippen LogP contribution in [-0.4, -0.2) is 73.9 Å². The zero-order valence-electron chi connectivity index (χ0n) is 15.3. The molecule has 0 spiro atoms. The van der Waals surface area contributed by atoms with Gasteiger partial charge in [-0.05, 0) is 34.6 Å². The van der Waals surface area contributed by atoms with Crippen LogP contribution in [0.15, 0.2) is 4.99 Å².